The molecule has 5 heteroatoms. The van der Waals surface area contributed by atoms with Crippen LogP contribution in [0.4, 0.5) is 0 Å². The third kappa shape index (κ3) is 3.23. The lowest BCUT2D eigenvalue weighted by molar-refractivity contribution is 1.19. The van der Waals surface area contributed by atoms with E-state index >= 15 is 0 Å². The van der Waals surface area contributed by atoms with E-state index in [-0.39, 0.29) is 0 Å². The lowest BCUT2D eigenvalue weighted by atomic mass is 10.0. The van der Waals surface area contributed by atoms with Crippen LogP contribution in [0.3, 0.4) is 0 Å². The minimum atomic E-state index is 0.994. The normalized spacial score (nSPS) is 12.3. The van der Waals surface area contributed by atoms with Crippen LogP contribution in [0.25, 0.3) is 95.6 Å². The van der Waals surface area contributed by atoms with Gasteiger partial charge in [-0.05, 0) is 60.2 Å². The second-order valence-electron chi connectivity index (χ2n) is 12.0. The molecule has 3 nitrogen and oxygen atoms in total. The highest BCUT2D eigenvalue weighted by atomic mass is 32.1. The average molecular weight is 622 g/mol. The van der Waals surface area contributed by atoms with E-state index in [2.05, 4.69) is 142 Å². The molecule has 46 heavy (non-hydrogen) atoms. The largest absolute Gasteiger partial charge is 0.308 e. The van der Waals surface area contributed by atoms with Crippen LogP contribution in [0.2, 0.25) is 0 Å². The van der Waals surface area contributed by atoms with Crippen molar-refractivity contribution in [1.29, 1.82) is 0 Å². The van der Waals surface area contributed by atoms with Crippen LogP contribution in [0.1, 0.15) is 0 Å². The minimum absolute atomic E-state index is 0.994. The van der Waals surface area contributed by atoms with Gasteiger partial charge in [0.25, 0.3) is 0 Å². The molecule has 0 aliphatic carbocycles. The monoisotopic (exact) mass is 621 g/mol. The van der Waals surface area contributed by atoms with Gasteiger partial charge in [-0.15, -0.1) is 22.7 Å². The summed E-state index contributed by atoms with van der Waals surface area (Å²) >= 11 is 3.79. The Morgan fingerprint density at radius 1 is 0.478 bits per heavy atom. The zero-order valence-corrected chi connectivity index (χ0v) is 26.1. The van der Waals surface area contributed by atoms with E-state index < -0.39 is 0 Å². The third-order valence-corrected chi connectivity index (χ3v) is 11.9. The van der Waals surface area contributed by atoms with Crippen LogP contribution in [-0.2, 0) is 0 Å². The van der Waals surface area contributed by atoms with E-state index in [0.717, 1.165) is 22.2 Å². The highest BCUT2D eigenvalue weighted by molar-refractivity contribution is 7.27. The Morgan fingerprint density at radius 3 is 2.11 bits per heavy atom. The van der Waals surface area contributed by atoms with E-state index in [1.54, 1.807) is 0 Å². The highest BCUT2D eigenvalue weighted by Gasteiger charge is 2.21. The molecule has 0 bridgehead atoms. The minimum Gasteiger partial charge on any atom is -0.308 e. The number of nitrogens with zero attached hydrogens (tertiary/aromatic N) is 3. The van der Waals surface area contributed by atoms with Gasteiger partial charge >= 0.3 is 0 Å². The molecule has 0 radical (unpaired) electrons. The number of para-hydroxylation sites is 3. The molecule has 0 saturated heterocycles. The molecule has 0 amide bonds. The number of hydrogen-bond donors (Lipinski definition) is 0. The molecule has 5 aromatic heterocycles. The predicted molar refractivity (Wildman–Crippen MR) is 198 cm³/mol. The molecule has 0 atom stereocenters. The van der Waals surface area contributed by atoms with E-state index in [0.29, 0.717) is 0 Å². The van der Waals surface area contributed by atoms with Gasteiger partial charge in [0.2, 0.25) is 0 Å². The summed E-state index contributed by atoms with van der Waals surface area (Å²) in [5, 5.41) is 6.49. The molecule has 6 aromatic carbocycles. The summed E-state index contributed by atoms with van der Waals surface area (Å²) in [6.45, 7) is 0. The molecule has 0 unspecified atom stereocenters. The molecule has 214 valence electrons. The molecule has 0 aliphatic rings. The van der Waals surface area contributed by atoms with Gasteiger partial charge in [0.05, 0.1) is 44.0 Å². The Balaban J connectivity index is 1.25. The molecule has 0 aliphatic heterocycles. The first kappa shape index (κ1) is 24.8. The second kappa shape index (κ2) is 9.04. The zero-order valence-electron chi connectivity index (χ0n) is 24.4. The van der Waals surface area contributed by atoms with Gasteiger partial charge in [-0.2, -0.15) is 0 Å². The summed E-state index contributed by atoms with van der Waals surface area (Å²) in [5.74, 6) is 0. The lowest BCUT2D eigenvalue weighted by Gasteiger charge is -2.11. The van der Waals surface area contributed by atoms with E-state index in [4.69, 9.17) is 4.98 Å². The SMILES string of the molecule is c1cc(-c2c3ccccc3n3c2cnc2ccccc23)cc(-n2c3cc4c(cc3c3sc5ccccc5c32)sc2ccccc24)c1. The summed E-state index contributed by atoms with van der Waals surface area (Å²) in [7, 11) is 0. The average Bonchev–Trinajstić information content (AvgIpc) is 3.84. The number of fused-ring (bicyclic) bond motifs is 13. The van der Waals surface area contributed by atoms with Crippen molar-refractivity contribution in [1.82, 2.24) is 14.0 Å². The first-order chi connectivity index (χ1) is 22.8. The Hall–Kier alpha value is -5.49. The molecule has 0 saturated carbocycles. The van der Waals surface area contributed by atoms with E-state index in [1.807, 2.05) is 28.9 Å². The maximum absolute atomic E-state index is 4.90. The number of rotatable bonds is 2. The van der Waals surface area contributed by atoms with Crippen LogP contribution in [0.5, 0.6) is 0 Å². The van der Waals surface area contributed by atoms with Gasteiger partial charge in [0.1, 0.15) is 0 Å². The van der Waals surface area contributed by atoms with Crippen LogP contribution < -0.4 is 0 Å². The summed E-state index contributed by atoms with van der Waals surface area (Å²) < 4.78 is 10.2. The van der Waals surface area contributed by atoms with Gasteiger partial charge in [0, 0.05) is 52.3 Å². The standard InChI is InChI=1S/C41H23N3S2/c1-5-16-32-27(13-1)39(35-23-42-31-15-4-6-17-33(31)44(32)35)24-10-9-11-25(20-24)43-34-21-29-26-12-2-7-18-36(26)45-38(29)22-30(34)41-40(43)28-14-3-8-19-37(28)46-41/h1-23H. The smallest absolute Gasteiger partial charge is 0.0871 e. The fourth-order valence-electron chi connectivity index (χ4n) is 7.59. The fraction of sp³-hybridized carbons (Fsp3) is 0. The van der Waals surface area contributed by atoms with Crippen molar-refractivity contribution in [2.45, 2.75) is 0 Å². The Bertz CT molecular complexity index is 3040. The van der Waals surface area contributed by atoms with Gasteiger partial charge in [-0.3, -0.25) is 4.98 Å². The second-order valence-corrected chi connectivity index (χ2v) is 14.1. The van der Waals surface area contributed by atoms with Crippen LogP contribution >= 0.6 is 22.7 Å². The van der Waals surface area contributed by atoms with Crippen LogP contribution in [0, 0.1) is 0 Å². The van der Waals surface area contributed by atoms with Crippen molar-refractivity contribution < 1.29 is 0 Å². The van der Waals surface area contributed by atoms with Crippen molar-refractivity contribution in [3.8, 4) is 16.8 Å². The number of benzene rings is 6. The molecular weight excluding hydrogens is 599 g/mol. The molecule has 0 N–H and O–H groups in total. The fourth-order valence-corrected chi connectivity index (χ4v) is 9.93. The molecule has 5 heterocycles. The summed E-state index contributed by atoms with van der Waals surface area (Å²) in [5.41, 5.74) is 10.5. The summed E-state index contributed by atoms with van der Waals surface area (Å²) in [4.78, 5) is 4.90. The van der Waals surface area contributed by atoms with E-state index in [9.17, 15) is 0 Å². The van der Waals surface area contributed by atoms with Gasteiger partial charge in [-0.25, -0.2) is 0 Å². The van der Waals surface area contributed by atoms with Gasteiger partial charge in [0.15, 0.2) is 0 Å². The highest BCUT2D eigenvalue weighted by Crippen LogP contribution is 2.46. The van der Waals surface area contributed by atoms with E-state index in [1.165, 1.54) is 73.4 Å². The number of aromatic nitrogens is 3. The maximum Gasteiger partial charge on any atom is 0.0871 e. The Labute approximate surface area is 270 Å². The van der Waals surface area contributed by atoms with Crippen LogP contribution in [-0.4, -0.2) is 14.0 Å². The van der Waals surface area contributed by atoms with Crippen molar-refractivity contribution in [2.75, 3.05) is 0 Å². The molecule has 11 aromatic rings. The first-order valence-corrected chi connectivity index (χ1v) is 17.1. The van der Waals surface area contributed by atoms with Crippen LogP contribution in [0.15, 0.2) is 140 Å². The summed E-state index contributed by atoms with van der Waals surface area (Å²) in [6.07, 6.45) is 2.04. The topological polar surface area (TPSA) is 22.2 Å². The molecule has 11 rings (SSSR count). The molecule has 0 spiro atoms. The molecular formula is C41H23N3S2. The van der Waals surface area contributed by atoms with Crippen molar-refractivity contribution in [2.24, 2.45) is 0 Å². The predicted octanol–water partition coefficient (Wildman–Crippen LogP) is 12.0. The molecule has 0 fully saturated rings. The first-order valence-electron chi connectivity index (χ1n) is 15.5. The van der Waals surface area contributed by atoms with Crippen molar-refractivity contribution >= 4 is 102 Å². The summed E-state index contributed by atoms with van der Waals surface area (Å²) in [6, 6.07) is 48.7. The van der Waals surface area contributed by atoms with Gasteiger partial charge in [-0.1, -0.05) is 78.9 Å². The number of hydrogen-bond acceptors (Lipinski definition) is 3. The zero-order chi connectivity index (χ0) is 29.9. The van der Waals surface area contributed by atoms with Crippen molar-refractivity contribution in [3.63, 3.8) is 0 Å². The van der Waals surface area contributed by atoms with Crippen molar-refractivity contribution in [3.05, 3.63) is 140 Å². The van der Waals surface area contributed by atoms with Gasteiger partial charge < -0.3 is 8.97 Å². The third-order valence-electron chi connectivity index (χ3n) is 9.53. The lowest BCUT2D eigenvalue weighted by Crippen LogP contribution is -1.95. The maximum atomic E-state index is 4.90. The number of thiophene rings is 2. The quantitative estimate of drug-likeness (QED) is 0.188. The Morgan fingerprint density at radius 2 is 1.22 bits per heavy atom. The Kier molecular flexibility index (Phi) is 4.87.